The van der Waals surface area contributed by atoms with Gasteiger partial charge in [0.15, 0.2) is 5.75 Å². The number of hydrogen-bond donors (Lipinski definition) is 3. The van der Waals surface area contributed by atoms with Gasteiger partial charge in [0.1, 0.15) is 47.8 Å². The van der Waals surface area contributed by atoms with Gasteiger partial charge < -0.3 is 44.9 Å². The summed E-state index contributed by atoms with van der Waals surface area (Å²) in [5.74, 6) is -3.46. The molecular weight excluding hydrogens is 766 g/mol. The zero-order valence-electron chi connectivity index (χ0n) is 34.1. The fourth-order valence-electron chi connectivity index (χ4n) is 7.08. The van der Waals surface area contributed by atoms with E-state index in [-0.39, 0.29) is 42.1 Å². The highest BCUT2D eigenvalue weighted by Gasteiger charge is 2.39. The highest BCUT2D eigenvalue weighted by atomic mass is 16.6. The Hall–Kier alpha value is -6.72. The van der Waals surface area contributed by atoms with Crippen LogP contribution in [0.25, 0.3) is 0 Å². The number of rotatable bonds is 5. The number of carbonyl (C=O) groups excluding carboxylic acids is 6. The van der Waals surface area contributed by atoms with Crippen molar-refractivity contribution in [3.63, 3.8) is 0 Å². The summed E-state index contributed by atoms with van der Waals surface area (Å²) in [6.45, 7) is 4.28. The molecule has 0 radical (unpaired) electrons. The number of nitro benzene ring substituents is 1. The fraction of sp³-hybridized carbons (Fsp3) is 0.415. The molecular formula is C41H49N7O11. The molecule has 6 atom stereocenters. The number of nitrogens with one attached hydrogen (secondary N) is 3. The molecule has 0 saturated carbocycles. The smallest absolute Gasteiger partial charge is 0.315 e. The van der Waals surface area contributed by atoms with Crippen LogP contribution in [-0.4, -0.2) is 127 Å². The van der Waals surface area contributed by atoms with Gasteiger partial charge in [-0.25, -0.2) is 0 Å². The Morgan fingerprint density at radius 2 is 1.24 bits per heavy atom. The minimum atomic E-state index is -1.40. The minimum absolute atomic E-state index is 0.0158. The van der Waals surface area contributed by atoms with E-state index in [9.17, 15) is 38.9 Å². The third-order valence-electron chi connectivity index (χ3n) is 10.6. The van der Waals surface area contributed by atoms with Crippen molar-refractivity contribution >= 4 is 41.1 Å². The van der Waals surface area contributed by atoms with Gasteiger partial charge in [0.25, 0.3) is 0 Å². The molecule has 18 heteroatoms. The number of likely N-dealkylation sites (N-methyl/N-ethyl adjacent to an activating group) is 3. The average Bonchev–Trinajstić information content (AvgIpc) is 3.21. The van der Waals surface area contributed by atoms with Gasteiger partial charge in [0.05, 0.1) is 19.1 Å². The summed E-state index contributed by atoms with van der Waals surface area (Å²) in [4.78, 5) is 99.8. The van der Waals surface area contributed by atoms with Crippen molar-refractivity contribution < 1.29 is 47.9 Å². The van der Waals surface area contributed by atoms with Gasteiger partial charge in [-0.1, -0.05) is 24.3 Å². The van der Waals surface area contributed by atoms with Crippen molar-refractivity contribution in [3.05, 3.63) is 87.5 Å². The maximum Gasteiger partial charge on any atom is 0.315 e. The van der Waals surface area contributed by atoms with E-state index in [0.717, 1.165) is 4.90 Å². The molecule has 6 rings (SSSR count). The molecule has 314 valence electrons. The first-order valence-corrected chi connectivity index (χ1v) is 18.9. The summed E-state index contributed by atoms with van der Waals surface area (Å²) >= 11 is 0. The van der Waals surface area contributed by atoms with E-state index in [1.807, 2.05) is 0 Å². The van der Waals surface area contributed by atoms with Crippen LogP contribution in [0.2, 0.25) is 0 Å². The van der Waals surface area contributed by atoms with Gasteiger partial charge in [-0.15, -0.1) is 0 Å². The summed E-state index contributed by atoms with van der Waals surface area (Å²) in [7, 11) is 6.95. The summed E-state index contributed by atoms with van der Waals surface area (Å²) in [5.41, 5.74) is 1.02. The van der Waals surface area contributed by atoms with Gasteiger partial charge in [-0.3, -0.25) is 38.9 Å². The van der Waals surface area contributed by atoms with Gasteiger partial charge in [-0.05, 0) is 67.8 Å². The molecule has 3 aromatic rings. The quantitative estimate of drug-likeness (QED) is 0.249. The van der Waals surface area contributed by atoms with Crippen LogP contribution < -0.4 is 30.2 Å². The number of nitro groups is 1. The van der Waals surface area contributed by atoms with Crippen molar-refractivity contribution in [2.75, 3.05) is 35.4 Å². The number of carbonyl (C=O) groups is 6. The molecule has 0 aliphatic carbocycles. The zero-order chi connectivity index (χ0) is 43.3. The number of fused-ring (bicyclic) bond motifs is 2. The van der Waals surface area contributed by atoms with Crippen LogP contribution in [0.5, 0.6) is 23.0 Å². The maximum absolute atomic E-state index is 14.7. The first kappa shape index (κ1) is 43.4. The van der Waals surface area contributed by atoms with E-state index >= 15 is 0 Å². The van der Waals surface area contributed by atoms with Gasteiger partial charge in [-0.2, -0.15) is 0 Å². The predicted molar refractivity (Wildman–Crippen MR) is 213 cm³/mol. The molecule has 3 heterocycles. The lowest BCUT2D eigenvalue weighted by molar-refractivity contribution is -0.385. The Labute approximate surface area is 341 Å². The number of benzene rings is 3. The van der Waals surface area contributed by atoms with E-state index < -0.39 is 82.3 Å². The van der Waals surface area contributed by atoms with Gasteiger partial charge in [0.2, 0.25) is 41.2 Å². The van der Waals surface area contributed by atoms with E-state index in [4.69, 9.17) is 14.2 Å². The zero-order valence-corrected chi connectivity index (χ0v) is 34.1. The second-order valence-corrected chi connectivity index (χ2v) is 14.7. The van der Waals surface area contributed by atoms with Crippen molar-refractivity contribution in [1.29, 1.82) is 0 Å². The van der Waals surface area contributed by atoms with Crippen LogP contribution in [0.3, 0.4) is 0 Å². The molecule has 3 aromatic carbocycles. The number of ether oxygens (including phenoxy) is 3. The molecule has 0 aromatic heterocycles. The Morgan fingerprint density at radius 1 is 0.678 bits per heavy atom. The van der Waals surface area contributed by atoms with Crippen LogP contribution in [-0.2, 0) is 48.0 Å². The molecule has 59 heavy (non-hydrogen) atoms. The molecule has 3 aliphatic rings. The van der Waals surface area contributed by atoms with Crippen LogP contribution in [0, 0.1) is 10.1 Å². The highest BCUT2D eigenvalue weighted by Crippen LogP contribution is 2.41. The van der Waals surface area contributed by atoms with Crippen LogP contribution in [0.1, 0.15) is 37.5 Å². The number of nitrogens with zero attached hydrogens (tertiary/aromatic N) is 4. The van der Waals surface area contributed by atoms with Crippen LogP contribution in [0.15, 0.2) is 60.7 Å². The second-order valence-electron chi connectivity index (χ2n) is 14.7. The summed E-state index contributed by atoms with van der Waals surface area (Å²) in [6, 6.07) is 8.68. The molecule has 0 unspecified atom stereocenters. The minimum Gasteiger partial charge on any atom is -0.497 e. The van der Waals surface area contributed by atoms with Crippen molar-refractivity contribution in [1.82, 2.24) is 30.7 Å². The molecule has 18 nitrogen and oxygen atoms in total. The molecule has 0 spiro atoms. The lowest BCUT2D eigenvalue weighted by Crippen LogP contribution is -2.61. The van der Waals surface area contributed by atoms with Gasteiger partial charge >= 0.3 is 5.69 Å². The normalized spacial score (nSPS) is 23.6. The number of hydrogen-bond acceptors (Lipinski definition) is 11. The van der Waals surface area contributed by atoms with E-state index in [1.165, 1.54) is 78.1 Å². The maximum atomic E-state index is 14.7. The second kappa shape index (κ2) is 18.3. The van der Waals surface area contributed by atoms with Crippen molar-refractivity contribution in [2.45, 2.75) is 76.3 Å². The Kier molecular flexibility index (Phi) is 13.4. The van der Waals surface area contributed by atoms with Crippen LogP contribution >= 0.6 is 0 Å². The third-order valence-corrected chi connectivity index (χ3v) is 10.6. The van der Waals surface area contributed by atoms with E-state index in [2.05, 4.69) is 16.0 Å². The molecule has 6 bridgehead atoms. The van der Waals surface area contributed by atoms with Crippen LogP contribution in [0.4, 0.5) is 5.69 Å². The standard InChI is InChI=1S/C41H49N7O11/c1-22-36(49)43-23(2)39(52)45(4)31(17-25-9-13-28(57-7)14-10-25)38(51)44-24(3)40(53)47(6)33-18-26-11-15-29(16-12-26)59-34-21-27(19-30(48(55)56)35(34)58-8)20-32(37(50)42-22)46(5)41(33)54/h9-16,19,21-24,31-33H,17-18,20H2,1-8H3,(H,42,50)(H,43,49)(H,44,51)/t22-,23-,24-,31-,32-,33-/m0/s1. The van der Waals surface area contributed by atoms with E-state index in [0.29, 0.717) is 16.9 Å². The number of amides is 6. The first-order valence-electron chi connectivity index (χ1n) is 18.9. The third kappa shape index (κ3) is 9.70. The Morgan fingerprint density at radius 3 is 1.83 bits per heavy atom. The number of methoxy groups -OCH3 is 2. The van der Waals surface area contributed by atoms with Gasteiger partial charge in [0, 0.05) is 46.5 Å². The Balaban J connectivity index is 1.61. The first-order chi connectivity index (χ1) is 27.9. The fourth-order valence-corrected chi connectivity index (χ4v) is 7.08. The molecule has 1 saturated heterocycles. The van der Waals surface area contributed by atoms with E-state index in [1.54, 1.807) is 48.5 Å². The molecule has 6 amide bonds. The van der Waals surface area contributed by atoms with Crippen molar-refractivity contribution in [3.8, 4) is 23.0 Å². The summed E-state index contributed by atoms with van der Waals surface area (Å²) in [6.07, 6.45) is -0.296. The SMILES string of the molecule is COc1ccc(C[C@H]2C(=O)N[C@@H](C)C(=O)N(C)[C@H]3Cc4ccc(cc4)Oc4cc(cc([N+](=O)[O-])c4OC)C[C@@H](C(=O)N[C@@H](C)C(=O)N[C@@H](C)C(=O)N2C)N(C)C3=O)cc1. The molecule has 3 N–H and O–H groups in total. The lowest BCUT2D eigenvalue weighted by Gasteiger charge is -2.36. The highest BCUT2D eigenvalue weighted by molar-refractivity contribution is 5.98. The molecule has 3 aliphatic heterocycles. The lowest BCUT2D eigenvalue weighted by atomic mass is 9.98. The Bertz CT molecular complexity index is 2110. The monoisotopic (exact) mass is 815 g/mol. The average molecular weight is 816 g/mol. The largest absolute Gasteiger partial charge is 0.497 e. The summed E-state index contributed by atoms with van der Waals surface area (Å²) in [5, 5.41) is 20.2. The van der Waals surface area contributed by atoms with Crippen molar-refractivity contribution in [2.24, 2.45) is 0 Å². The summed E-state index contributed by atoms with van der Waals surface area (Å²) < 4.78 is 16.7. The predicted octanol–water partition coefficient (Wildman–Crippen LogP) is 1.75. The molecule has 1 fully saturated rings. The topological polar surface area (TPSA) is 219 Å².